The second-order valence-electron chi connectivity index (χ2n) is 5.60. The molecule has 1 unspecified atom stereocenters. The standard InChI is InChI=1S/C15H19F4NO/c1-10(11-5-7-20(2)8-6-11)21-14-4-3-12(16)9-13(14)15(17,18)19/h3-4,9-11H,5-8H2,1-2H3. The number of hydrogen-bond acceptors (Lipinski definition) is 2. The van der Waals surface area contributed by atoms with Crippen LogP contribution in [0.5, 0.6) is 5.75 Å². The van der Waals surface area contributed by atoms with Crippen LogP contribution in [0.2, 0.25) is 0 Å². The number of halogens is 4. The molecule has 0 aliphatic carbocycles. The maximum Gasteiger partial charge on any atom is 0.420 e. The molecule has 2 nitrogen and oxygen atoms in total. The van der Waals surface area contributed by atoms with E-state index in [0.717, 1.165) is 38.1 Å². The van der Waals surface area contributed by atoms with E-state index in [1.807, 2.05) is 7.05 Å². The normalized spacial score (nSPS) is 19.5. The lowest BCUT2D eigenvalue weighted by molar-refractivity contribution is -0.139. The van der Waals surface area contributed by atoms with Crippen LogP contribution < -0.4 is 4.74 Å². The molecule has 0 N–H and O–H groups in total. The molecule has 118 valence electrons. The van der Waals surface area contributed by atoms with Crippen LogP contribution >= 0.6 is 0 Å². The first kappa shape index (κ1) is 16.1. The van der Waals surface area contributed by atoms with E-state index >= 15 is 0 Å². The van der Waals surface area contributed by atoms with Gasteiger partial charge in [0, 0.05) is 0 Å². The summed E-state index contributed by atoms with van der Waals surface area (Å²) in [5, 5.41) is 0. The number of rotatable bonds is 3. The number of likely N-dealkylation sites (tertiary alicyclic amines) is 1. The molecular weight excluding hydrogens is 286 g/mol. The minimum atomic E-state index is -4.62. The average Bonchev–Trinajstić information content (AvgIpc) is 2.40. The van der Waals surface area contributed by atoms with E-state index in [1.165, 1.54) is 0 Å². The van der Waals surface area contributed by atoms with Gasteiger partial charge in [-0.3, -0.25) is 0 Å². The maximum absolute atomic E-state index is 13.1. The highest BCUT2D eigenvalue weighted by molar-refractivity contribution is 5.36. The molecule has 0 saturated carbocycles. The van der Waals surface area contributed by atoms with Crippen LogP contribution in [-0.2, 0) is 6.18 Å². The lowest BCUT2D eigenvalue weighted by Crippen LogP contribution is -2.36. The molecule has 1 atom stereocenters. The predicted molar refractivity (Wildman–Crippen MR) is 71.7 cm³/mol. The Balaban J connectivity index is 2.12. The van der Waals surface area contributed by atoms with Crippen molar-refractivity contribution in [2.24, 2.45) is 5.92 Å². The van der Waals surface area contributed by atoms with Gasteiger partial charge in [-0.1, -0.05) is 0 Å². The zero-order valence-corrected chi connectivity index (χ0v) is 12.1. The number of alkyl halides is 3. The Bertz CT molecular complexity index is 481. The van der Waals surface area contributed by atoms with Crippen molar-refractivity contribution in [3.05, 3.63) is 29.6 Å². The molecule has 1 fully saturated rings. The molecule has 21 heavy (non-hydrogen) atoms. The summed E-state index contributed by atoms with van der Waals surface area (Å²) in [4.78, 5) is 2.18. The van der Waals surface area contributed by atoms with Crippen molar-refractivity contribution < 1.29 is 22.3 Å². The first-order valence-electron chi connectivity index (χ1n) is 6.99. The summed E-state index contributed by atoms with van der Waals surface area (Å²) in [6, 6.07) is 2.53. The van der Waals surface area contributed by atoms with Crippen LogP contribution in [0.3, 0.4) is 0 Å². The number of benzene rings is 1. The second kappa shape index (κ2) is 6.22. The van der Waals surface area contributed by atoms with Gasteiger partial charge >= 0.3 is 6.18 Å². The van der Waals surface area contributed by atoms with Crippen molar-refractivity contribution in [3.63, 3.8) is 0 Å². The van der Waals surface area contributed by atoms with Gasteiger partial charge < -0.3 is 9.64 Å². The largest absolute Gasteiger partial charge is 0.490 e. The van der Waals surface area contributed by atoms with Crippen LogP contribution in [0.25, 0.3) is 0 Å². The van der Waals surface area contributed by atoms with E-state index in [-0.39, 0.29) is 17.8 Å². The Kier molecular flexibility index (Phi) is 4.76. The number of piperidine rings is 1. The molecule has 0 spiro atoms. The van der Waals surface area contributed by atoms with Crippen LogP contribution in [0.1, 0.15) is 25.3 Å². The highest BCUT2D eigenvalue weighted by Crippen LogP contribution is 2.37. The molecule has 1 heterocycles. The van der Waals surface area contributed by atoms with Gasteiger partial charge in [-0.15, -0.1) is 0 Å². The topological polar surface area (TPSA) is 12.5 Å². The fourth-order valence-corrected chi connectivity index (χ4v) is 2.62. The Morgan fingerprint density at radius 3 is 2.43 bits per heavy atom. The molecule has 0 radical (unpaired) electrons. The van der Waals surface area contributed by atoms with Crippen LogP contribution in [0.4, 0.5) is 17.6 Å². The lowest BCUT2D eigenvalue weighted by atomic mass is 9.92. The summed E-state index contributed by atoms with van der Waals surface area (Å²) in [5.74, 6) is -0.996. The second-order valence-corrected chi connectivity index (χ2v) is 5.60. The minimum absolute atomic E-state index is 0.215. The molecule has 0 aromatic heterocycles. The fourth-order valence-electron chi connectivity index (χ4n) is 2.62. The van der Waals surface area contributed by atoms with Crippen molar-refractivity contribution in [1.29, 1.82) is 0 Å². The summed E-state index contributed by atoms with van der Waals surface area (Å²) in [5.41, 5.74) is -1.05. The third kappa shape index (κ3) is 4.09. The van der Waals surface area contributed by atoms with Gasteiger partial charge in [-0.05, 0) is 64.0 Å². The Hall–Kier alpha value is -1.30. The third-order valence-corrected chi connectivity index (χ3v) is 3.99. The number of ether oxygens (including phenoxy) is 1. The van der Waals surface area contributed by atoms with Gasteiger partial charge in [0.1, 0.15) is 17.1 Å². The average molecular weight is 305 g/mol. The highest BCUT2D eigenvalue weighted by atomic mass is 19.4. The molecule has 2 rings (SSSR count). The zero-order valence-electron chi connectivity index (χ0n) is 12.1. The summed E-state index contributed by atoms with van der Waals surface area (Å²) in [6.45, 7) is 3.60. The van der Waals surface area contributed by atoms with Gasteiger partial charge in [0.2, 0.25) is 0 Å². The van der Waals surface area contributed by atoms with E-state index in [2.05, 4.69) is 4.90 Å². The van der Waals surface area contributed by atoms with Gasteiger partial charge in [0.15, 0.2) is 0 Å². The fraction of sp³-hybridized carbons (Fsp3) is 0.600. The van der Waals surface area contributed by atoms with Gasteiger partial charge in [0.05, 0.1) is 6.10 Å². The molecule has 0 bridgehead atoms. The molecule has 6 heteroatoms. The molecule has 1 saturated heterocycles. The summed E-state index contributed by atoms with van der Waals surface area (Å²) in [7, 11) is 2.02. The monoisotopic (exact) mass is 305 g/mol. The predicted octanol–water partition coefficient (Wildman–Crippen LogP) is 3.95. The Morgan fingerprint density at radius 2 is 1.86 bits per heavy atom. The van der Waals surface area contributed by atoms with Gasteiger partial charge in [0.25, 0.3) is 0 Å². The van der Waals surface area contributed by atoms with E-state index < -0.39 is 17.6 Å². The first-order valence-corrected chi connectivity index (χ1v) is 6.99. The van der Waals surface area contributed by atoms with E-state index in [4.69, 9.17) is 4.74 Å². The Labute approximate surface area is 121 Å². The summed E-state index contributed by atoms with van der Waals surface area (Å²) < 4.78 is 57.3. The van der Waals surface area contributed by atoms with Crippen molar-refractivity contribution in [2.45, 2.75) is 32.0 Å². The number of nitrogens with zero attached hydrogens (tertiary/aromatic N) is 1. The molecule has 1 aliphatic rings. The van der Waals surface area contributed by atoms with Crippen LogP contribution in [-0.4, -0.2) is 31.1 Å². The third-order valence-electron chi connectivity index (χ3n) is 3.99. The van der Waals surface area contributed by atoms with E-state index in [9.17, 15) is 17.6 Å². The van der Waals surface area contributed by atoms with Crippen molar-refractivity contribution in [2.75, 3.05) is 20.1 Å². The smallest absolute Gasteiger partial charge is 0.420 e. The minimum Gasteiger partial charge on any atom is -0.490 e. The summed E-state index contributed by atoms with van der Waals surface area (Å²) in [6.07, 6.45) is -3.17. The van der Waals surface area contributed by atoms with Crippen molar-refractivity contribution in [3.8, 4) is 5.75 Å². The quantitative estimate of drug-likeness (QED) is 0.784. The van der Waals surface area contributed by atoms with E-state index in [0.29, 0.717) is 6.07 Å². The number of hydrogen-bond donors (Lipinski definition) is 0. The Morgan fingerprint density at radius 1 is 1.24 bits per heavy atom. The van der Waals surface area contributed by atoms with Crippen LogP contribution in [0, 0.1) is 11.7 Å². The zero-order chi connectivity index (χ0) is 15.6. The molecular formula is C15H19F4NO. The molecule has 1 aliphatic heterocycles. The van der Waals surface area contributed by atoms with Crippen molar-refractivity contribution >= 4 is 0 Å². The molecule has 0 amide bonds. The van der Waals surface area contributed by atoms with Gasteiger partial charge in [-0.2, -0.15) is 13.2 Å². The molecule has 1 aromatic carbocycles. The van der Waals surface area contributed by atoms with E-state index in [1.54, 1.807) is 6.92 Å². The summed E-state index contributed by atoms with van der Waals surface area (Å²) >= 11 is 0. The SMILES string of the molecule is CC(Oc1ccc(F)cc1C(F)(F)F)C1CCN(C)CC1. The van der Waals surface area contributed by atoms with Crippen LogP contribution in [0.15, 0.2) is 18.2 Å². The molecule has 1 aromatic rings. The lowest BCUT2D eigenvalue weighted by Gasteiger charge is -2.33. The van der Waals surface area contributed by atoms with Crippen molar-refractivity contribution in [1.82, 2.24) is 4.90 Å². The maximum atomic E-state index is 13.1. The first-order chi connectivity index (χ1) is 9.77. The highest BCUT2D eigenvalue weighted by Gasteiger charge is 2.36. The van der Waals surface area contributed by atoms with Gasteiger partial charge in [-0.25, -0.2) is 4.39 Å².